The summed E-state index contributed by atoms with van der Waals surface area (Å²) in [5.41, 5.74) is 1.18. The van der Waals surface area contributed by atoms with Crippen molar-refractivity contribution in [1.82, 2.24) is 19.7 Å². The first-order valence-corrected chi connectivity index (χ1v) is 10.1. The number of H-pyrrole nitrogens is 1. The number of hydrogen-bond donors (Lipinski definition) is 2. The maximum atomic E-state index is 13.0. The molecule has 1 aliphatic rings. The molecule has 5 rings (SSSR count). The van der Waals surface area contributed by atoms with Gasteiger partial charge in [-0.25, -0.2) is 4.98 Å². The lowest BCUT2D eigenvalue weighted by atomic mass is 10.2. The summed E-state index contributed by atoms with van der Waals surface area (Å²) in [5, 5.41) is 7.33. The summed E-state index contributed by atoms with van der Waals surface area (Å²) < 4.78 is 17.5. The Morgan fingerprint density at radius 3 is 2.88 bits per heavy atom. The average molecular weight is 433 g/mol. The number of aryl methyl sites for hydroxylation is 1. The Kier molecular flexibility index (Phi) is 4.94. The summed E-state index contributed by atoms with van der Waals surface area (Å²) in [4.78, 5) is 32.3. The molecule has 162 valence electrons. The highest BCUT2D eigenvalue weighted by molar-refractivity contribution is 6.04. The van der Waals surface area contributed by atoms with Crippen molar-refractivity contribution in [3.63, 3.8) is 0 Å². The van der Waals surface area contributed by atoms with Crippen LogP contribution in [0.3, 0.4) is 0 Å². The lowest BCUT2D eigenvalue weighted by molar-refractivity contribution is 0.102. The van der Waals surface area contributed by atoms with Crippen LogP contribution in [0.4, 0.5) is 5.82 Å². The Labute approximate surface area is 181 Å². The van der Waals surface area contributed by atoms with E-state index in [1.54, 1.807) is 36.4 Å². The van der Waals surface area contributed by atoms with Gasteiger partial charge in [-0.2, -0.15) is 9.78 Å². The van der Waals surface area contributed by atoms with E-state index in [4.69, 9.17) is 13.9 Å². The number of ether oxygens (including phenoxy) is 2. The summed E-state index contributed by atoms with van der Waals surface area (Å²) in [6, 6.07) is 11.5. The SMILES string of the molecule is CCCc1cc(=O)[nH]c(-n2nc(-c3ccco3)cc2NC(=O)c2ccc3c(c2)OCO3)n1. The van der Waals surface area contributed by atoms with E-state index in [0.717, 1.165) is 6.42 Å². The van der Waals surface area contributed by atoms with Crippen LogP contribution >= 0.6 is 0 Å². The van der Waals surface area contributed by atoms with Crippen LogP contribution in [0.2, 0.25) is 0 Å². The highest BCUT2D eigenvalue weighted by Crippen LogP contribution is 2.33. The number of nitrogens with one attached hydrogen (secondary N) is 2. The Bertz CT molecular complexity index is 1340. The maximum Gasteiger partial charge on any atom is 0.256 e. The van der Waals surface area contributed by atoms with E-state index in [2.05, 4.69) is 20.4 Å². The number of benzene rings is 1. The summed E-state index contributed by atoms with van der Waals surface area (Å²) in [6.45, 7) is 2.12. The number of amides is 1. The Hall–Kier alpha value is -4.34. The van der Waals surface area contributed by atoms with Crippen LogP contribution in [-0.2, 0) is 6.42 Å². The van der Waals surface area contributed by atoms with Gasteiger partial charge in [0.15, 0.2) is 17.3 Å². The molecule has 1 aliphatic heterocycles. The van der Waals surface area contributed by atoms with Crippen molar-refractivity contribution < 1.29 is 18.7 Å². The lowest BCUT2D eigenvalue weighted by Gasteiger charge is -2.09. The molecule has 0 atom stereocenters. The van der Waals surface area contributed by atoms with Crippen LogP contribution in [0.15, 0.2) is 57.9 Å². The molecule has 0 unspecified atom stereocenters. The summed E-state index contributed by atoms with van der Waals surface area (Å²) in [7, 11) is 0. The number of carbonyl (C=O) groups is 1. The van der Waals surface area contributed by atoms with Crippen molar-refractivity contribution >= 4 is 11.7 Å². The molecule has 0 saturated heterocycles. The number of furan rings is 1. The summed E-state index contributed by atoms with van der Waals surface area (Å²) >= 11 is 0. The van der Waals surface area contributed by atoms with E-state index in [0.29, 0.717) is 46.4 Å². The van der Waals surface area contributed by atoms with Crippen molar-refractivity contribution in [2.24, 2.45) is 0 Å². The minimum absolute atomic E-state index is 0.118. The minimum Gasteiger partial charge on any atom is -0.463 e. The van der Waals surface area contributed by atoms with E-state index in [9.17, 15) is 9.59 Å². The second-order valence-electron chi connectivity index (χ2n) is 7.14. The van der Waals surface area contributed by atoms with Crippen LogP contribution in [-0.4, -0.2) is 32.4 Å². The van der Waals surface area contributed by atoms with Crippen LogP contribution in [0.5, 0.6) is 11.5 Å². The molecule has 0 fully saturated rings. The van der Waals surface area contributed by atoms with Crippen LogP contribution < -0.4 is 20.3 Å². The van der Waals surface area contributed by atoms with Gasteiger partial charge in [0.2, 0.25) is 12.7 Å². The van der Waals surface area contributed by atoms with Crippen molar-refractivity contribution in [2.75, 3.05) is 12.1 Å². The van der Waals surface area contributed by atoms with Crippen molar-refractivity contribution in [3.05, 3.63) is 70.3 Å². The van der Waals surface area contributed by atoms with Crippen LogP contribution in [0.25, 0.3) is 17.4 Å². The highest BCUT2D eigenvalue weighted by atomic mass is 16.7. The third-order valence-corrected chi connectivity index (χ3v) is 4.85. The molecule has 0 spiro atoms. The molecule has 0 saturated carbocycles. The van der Waals surface area contributed by atoms with Gasteiger partial charge >= 0.3 is 0 Å². The van der Waals surface area contributed by atoms with Gasteiger partial charge in [0.05, 0.1) is 6.26 Å². The Balaban J connectivity index is 1.54. The molecule has 1 aromatic carbocycles. The minimum atomic E-state index is -0.387. The smallest absolute Gasteiger partial charge is 0.256 e. The van der Waals surface area contributed by atoms with Gasteiger partial charge in [0, 0.05) is 23.4 Å². The molecule has 3 aromatic heterocycles. The molecule has 4 heterocycles. The van der Waals surface area contributed by atoms with E-state index in [1.807, 2.05) is 6.92 Å². The first-order chi connectivity index (χ1) is 15.6. The molecule has 4 aromatic rings. The quantitative estimate of drug-likeness (QED) is 0.479. The number of nitrogens with zero attached hydrogens (tertiary/aromatic N) is 3. The van der Waals surface area contributed by atoms with Crippen molar-refractivity contribution in [1.29, 1.82) is 0 Å². The first kappa shape index (κ1) is 19.6. The number of aromatic nitrogens is 4. The van der Waals surface area contributed by atoms with Crippen LogP contribution in [0.1, 0.15) is 29.4 Å². The van der Waals surface area contributed by atoms with Gasteiger partial charge < -0.3 is 19.2 Å². The predicted octanol–water partition coefficient (Wildman–Crippen LogP) is 3.15. The largest absolute Gasteiger partial charge is 0.463 e. The van der Waals surface area contributed by atoms with E-state index >= 15 is 0 Å². The summed E-state index contributed by atoms with van der Waals surface area (Å²) in [5.74, 6) is 1.72. The van der Waals surface area contributed by atoms with Crippen molar-refractivity contribution in [2.45, 2.75) is 19.8 Å². The highest BCUT2D eigenvalue weighted by Gasteiger charge is 2.20. The number of carbonyl (C=O) groups excluding carboxylic acids is 1. The fraction of sp³-hybridized carbons (Fsp3) is 0.182. The van der Waals surface area contributed by atoms with Gasteiger partial charge in [-0.1, -0.05) is 13.3 Å². The molecular weight excluding hydrogens is 414 g/mol. The molecule has 2 N–H and O–H groups in total. The number of fused-ring (bicyclic) bond motifs is 1. The number of hydrogen-bond acceptors (Lipinski definition) is 7. The molecule has 10 nitrogen and oxygen atoms in total. The van der Waals surface area contributed by atoms with Gasteiger partial charge in [-0.3, -0.25) is 14.6 Å². The van der Waals surface area contributed by atoms with Gasteiger partial charge in [0.1, 0.15) is 11.5 Å². The van der Waals surface area contributed by atoms with E-state index in [-0.39, 0.29) is 24.2 Å². The fourth-order valence-corrected chi connectivity index (χ4v) is 3.38. The molecular formula is C22H19N5O5. The Morgan fingerprint density at radius 1 is 1.19 bits per heavy atom. The number of rotatable bonds is 6. The molecule has 1 amide bonds. The predicted molar refractivity (Wildman–Crippen MR) is 114 cm³/mol. The van der Waals surface area contributed by atoms with E-state index in [1.165, 1.54) is 17.0 Å². The third-order valence-electron chi connectivity index (χ3n) is 4.85. The van der Waals surface area contributed by atoms with Crippen LogP contribution in [0, 0.1) is 0 Å². The topological polar surface area (TPSA) is 124 Å². The molecule has 0 aliphatic carbocycles. The molecule has 32 heavy (non-hydrogen) atoms. The third kappa shape index (κ3) is 3.73. The first-order valence-electron chi connectivity index (χ1n) is 10.1. The Morgan fingerprint density at radius 2 is 2.06 bits per heavy atom. The fourth-order valence-electron chi connectivity index (χ4n) is 3.38. The van der Waals surface area contributed by atoms with Crippen molar-refractivity contribution in [3.8, 4) is 28.9 Å². The molecule has 0 bridgehead atoms. The second kappa shape index (κ2) is 8.06. The zero-order chi connectivity index (χ0) is 22.1. The standard InChI is InChI=1S/C22H19N5O5/c1-2-4-14-10-20(28)25-22(23-14)27-19(11-15(26-27)16-5-3-8-30-16)24-21(29)13-6-7-17-18(9-13)32-12-31-17/h3,5-11H,2,4,12H2,1H3,(H,24,29)(H,23,25,28). The number of anilines is 1. The molecule has 10 heteroatoms. The van der Waals surface area contributed by atoms with Gasteiger partial charge in [-0.15, -0.1) is 0 Å². The number of aromatic amines is 1. The monoisotopic (exact) mass is 433 g/mol. The van der Waals surface area contributed by atoms with E-state index < -0.39 is 0 Å². The van der Waals surface area contributed by atoms with Gasteiger partial charge in [-0.05, 0) is 36.8 Å². The lowest BCUT2D eigenvalue weighted by Crippen LogP contribution is -2.19. The average Bonchev–Trinajstić information content (AvgIpc) is 3.53. The van der Waals surface area contributed by atoms with Gasteiger partial charge in [0.25, 0.3) is 11.5 Å². The normalized spacial score (nSPS) is 12.2. The zero-order valence-corrected chi connectivity index (χ0v) is 17.1. The second-order valence-corrected chi connectivity index (χ2v) is 7.14. The zero-order valence-electron chi connectivity index (χ0n) is 17.1. The maximum absolute atomic E-state index is 13.0. The molecule has 0 radical (unpaired) electrons. The summed E-state index contributed by atoms with van der Waals surface area (Å²) in [6.07, 6.45) is 3.00.